The van der Waals surface area contributed by atoms with Crippen LogP contribution in [-0.4, -0.2) is 72.9 Å². The standard InChI is InChI=1S/C14H14N6O3S.C2H2O4/c1-8-17-18-14(24-8)15-11(21)7-20-5-9(6-20)13-16-12(19-23-13)10-3-2-4-22-10;3-1(4)2(5)6/h2-4,9H,5-7H2,1H3,(H,15,18,21);(H,3,4)(H,5,6). The predicted molar refractivity (Wildman–Crippen MR) is 99.7 cm³/mol. The number of aromatic nitrogens is 4. The van der Waals surface area contributed by atoms with Crippen LogP contribution in [0.5, 0.6) is 0 Å². The summed E-state index contributed by atoms with van der Waals surface area (Å²) in [5.74, 6) is -2.03. The molecule has 4 heterocycles. The van der Waals surface area contributed by atoms with Gasteiger partial charge in [-0.2, -0.15) is 4.98 Å². The van der Waals surface area contributed by atoms with E-state index in [0.717, 1.165) is 5.01 Å². The van der Waals surface area contributed by atoms with Crippen LogP contribution >= 0.6 is 11.3 Å². The summed E-state index contributed by atoms with van der Waals surface area (Å²) in [6.45, 7) is 3.54. The van der Waals surface area contributed by atoms with E-state index in [1.807, 2.05) is 11.8 Å². The van der Waals surface area contributed by atoms with Crippen LogP contribution in [-0.2, 0) is 14.4 Å². The normalized spacial score (nSPS) is 13.8. The number of carboxylic acids is 2. The molecule has 14 heteroatoms. The molecule has 1 fully saturated rings. The van der Waals surface area contributed by atoms with Crippen LogP contribution in [0.1, 0.15) is 16.8 Å². The van der Waals surface area contributed by atoms with Crippen LogP contribution in [0.15, 0.2) is 27.3 Å². The summed E-state index contributed by atoms with van der Waals surface area (Å²) in [4.78, 5) is 36.5. The Morgan fingerprint density at radius 1 is 1.27 bits per heavy atom. The van der Waals surface area contributed by atoms with E-state index >= 15 is 0 Å². The Morgan fingerprint density at radius 3 is 2.57 bits per heavy atom. The first-order valence-electron chi connectivity index (χ1n) is 8.48. The highest BCUT2D eigenvalue weighted by Crippen LogP contribution is 2.27. The molecule has 0 aromatic carbocycles. The van der Waals surface area contributed by atoms with Crippen molar-refractivity contribution in [1.82, 2.24) is 25.2 Å². The van der Waals surface area contributed by atoms with E-state index in [1.54, 1.807) is 18.4 Å². The largest absolute Gasteiger partial charge is 0.473 e. The number of aryl methyl sites for hydroxylation is 1. The van der Waals surface area contributed by atoms with E-state index in [2.05, 4.69) is 25.7 Å². The number of amides is 1. The molecule has 1 aliphatic rings. The van der Waals surface area contributed by atoms with E-state index in [-0.39, 0.29) is 11.8 Å². The van der Waals surface area contributed by atoms with Gasteiger partial charge in [0.25, 0.3) is 0 Å². The molecule has 0 saturated carbocycles. The van der Waals surface area contributed by atoms with Crippen molar-refractivity contribution in [2.45, 2.75) is 12.8 Å². The van der Waals surface area contributed by atoms with Gasteiger partial charge in [-0.05, 0) is 19.1 Å². The fourth-order valence-electron chi connectivity index (χ4n) is 2.47. The quantitative estimate of drug-likeness (QED) is 0.476. The van der Waals surface area contributed by atoms with E-state index in [9.17, 15) is 4.79 Å². The lowest BCUT2D eigenvalue weighted by atomic mass is 10.0. The van der Waals surface area contributed by atoms with E-state index in [1.165, 1.54) is 11.3 Å². The molecule has 0 radical (unpaired) electrons. The lowest BCUT2D eigenvalue weighted by molar-refractivity contribution is -0.159. The van der Waals surface area contributed by atoms with Crippen LogP contribution in [0.4, 0.5) is 5.13 Å². The van der Waals surface area contributed by atoms with Gasteiger partial charge in [-0.1, -0.05) is 16.5 Å². The van der Waals surface area contributed by atoms with Crippen molar-refractivity contribution in [3.8, 4) is 11.6 Å². The summed E-state index contributed by atoms with van der Waals surface area (Å²) < 4.78 is 10.5. The first kappa shape index (κ1) is 21.1. The van der Waals surface area contributed by atoms with E-state index < -0.39 is 11.9 Å². The lowest BCUT2D eigenvalue weighted by Crippen LogP contribution is -2.48. The Labute approximate surface area is 172 Å². The van der Waals surface area contributed by atoms with E-state index in [0.29, 0.717) is 42.2 Å². The second-order valence-electron chi connectivity index (χ2n) is 6.11. The summed E-state index contributed by atoms with van der Waals surface area (Å²) in [7, 11) is 0. The number of anilines is 1. The van der Waals surface area contributed by atoms with Crippen LogP contribution in [0.25, 0.3) is 11.6 Å². The first-order valence-corrected chi connectivity index (χ1v) is 9.29. The molecule has 3 aromatic rings. The molecule has 4 rings (SSSR count). The Bertz CT molecular complexity index is 1010. The van der Waals surface area contributed by atoms with Gasteiger partial charge >= 0.3 is 11.9 Å². The second-order valence-corrected chi connectivity index (χ2v) is 7.29. The Morgan fingerprint density at radius 2 is 2.00 bits per heavy atom. The third-order valence-electron chi connectivity index (χ3n) is 3.81. The van der Waals surface area contributed by atoms with Gasteiger partial charge < -0.3 is 19.2 Å². The average molecular weight is 436 g/mol. The molecule has 1 saturated heterocycles. The van der Waals surface area contributed by atoms with Gasteiger partial charge in [-0.3, -0.25) is 15.0 Å². The predicted octanol–water partition coefficient (Wildman–Crippen LogP) is 0.683. The fraction of sp³-hybridized carbons (Fsp3) is 0.312. The minimum Gasteiger partial charge on any atom is -0.473 e. The average Bonchev–Trinajstić information content (AvgIpc) is 3.40. The molecule has 0 aliphatic carbocycles. The highest BCUT2D eigenvalue weighted by molar-refractivity contribution is 7.15. The number of rotatable bonds is 5. The molecule has 30 heavy (non-hydrogen) atoms. The summed E-state index contributed by atoms with van der Waals surface area (Å²) in [5, 5.41) is 30.5. The van der Waals surface area contributed by atoms with Gasteiger partial charge in [0.05, 0.1) is 18.7 Å². The Balaban J connectivity index is 0.000000377. The van der Waals surface area contributed by atoms with Gasteiger partial charge in [0.15, 0.2) is 5.76 Å². The zero-order chi connectivity index (χ0) is 21.7. The minimum atomic E-state index is -1.82. The molecule has 1 aliphatic heterocycles. The highest BCUT2D eigenvalue weighted by Gasteiger charge is 2.34. The Hall–Kier alpha value is -3.65. The maximum atomic E-state index is 11.9. The number of hydrogen-bond donors (Lipinski definition) is 3. The molecule has 13 nitrogen and oxygen atoms in total. The van der Waals surface area contributed by atoms with Crippen molar-refractivity contribution >= 4 is 34.3 Å². The SMILES string of the molecule is Cc1nnc(NC(=O)CN2CC(c3nc(-c4ccco4)no3)C2)s1.O=C(O)C(=O)O. The zero-order valence-corrected chi connectivity index (χ0v) is 16.3. The fourth-order valence-corrected chi connectivity index (χ4v) is 3.08. The number of furan rings is 1. The van der Waals surface area contributed by atoms with Gasteiger partial charge in [0.2, 0.25) is 22.8 Å². The molecule has 0 unspecified atom stereocenters. The molecular weight excluding hydrogens is 420 g/mol. The molecule has 158 valence electrons. The summed E-state index contributed by atoms with van der Waals surface area (Å²) in [5.41, 5.74) is 0. The van der Waals surface area contributed by atoms with Crippen molar-refractivity contribution in [1.29, 1.82) is 0 Å². The molecular formula is C16H16N6O7S. The summed E-state index contributed by atoms with van der Waals surface area (Å²) >= 11 is 1.35. The van der Waals surface area contributed by atoms with Crippen LogP contribution in [0, 0.1) is 6.92 Å². The number of nitrogens with zero attached hydrogens (tertiary/aromatic N) is 5. The number of likely N-dealkylation sites (tertiary alicyclic amines) is 1. The van der Waals surface area contributed by atoms with E-state index in [4.69, 9.17) is 28.7 Å². The second kappa shape index (κ2) is 9.23. The van der Waals surface area contributed by atoms with Gasteiger partial charge in [-0.25, -0.2) is 9.59 Å². The van der Waals surface area contributed by atoms with Gasteiger partial charge in [-0.15, -0.1) is 10.2 Å². The Kier molecular flexibility index (Phi) is 6.48. The number of aliphatic carboxylic acids is 2. The molecule has 1 amide bonds. The number of nitrogens with one attached hydrogen (secondary N) is 1. The van der Waals surface area contributed by atoms with Crippen LogP contribution < -0.4 is 5.32 Å². The van der Waals surface area contributed by atoms with Crippen molar-refractivity contribution in [2.75, 3.05) is 25.0 Å². The molecule has 0 bridgehead atoms. The third kappa shape index (κ3) is 5.45. The number of hydrogen-bond acceptors (Lipinski definition) is 11. The van der Waals surface area contributed by atoms with Crippen molar-refractivity contribution in [3.63, 3.8) is 0 Å². The smallest absolute Gasteiger partial charge is 0.414 e. The monoisotopic (exact) mass is 436 g/mol. The lowest BCUT2D eigenvalue weighted by Gasteiger charge is -2.36. The van der Waals surface area contributed by atoms with Crippen molar-refractivity contribution < 1.29 is 33.5 Å². The number of carboxylic acid groups (broad SMARTS) is 2. The van der Waals surface area contributed by atoms with Crippen LogP contribution in [0.2, 0.25) is 0 Å². The molecule has 0 spiro atoms. The molecule has 0 atom stereocenters. The summed E-state index contributed by atoms with van der Waals surface area (Å²) in [6.07, 6.45) is 1.56. The minimum absolute atomic E-state index is 0.105. The first-order chi connectivity index (χ1) is 14.3. The molecule has 3 N–H and O–H groups in total. The number of carbonyl (C=O) groups is 3. The van der Waals surface area contributed by atoms with Crippen molar-refractivity contribution in [3.05, 3.63) is 29.3 Å². The van der Waals surface area contributed by atoms with Gasteiger partial charge in [0.1, 0.15) is 5.01 Å². The number of carbonyl (C=O) groups excluding carboxylic acids is 1. The maximum absolute atomic E-state index is 11.9. The molecule has 3 aromatic heterocycles. The van der Waals surface area contributed by atoms with Crippen molar-refractivity contribution in [2.24, 2.45) is 0 Å². The van der Waals surface area contributed by atoms with Gasteiger partial charge in [0, 0.05) is 13.1 Å². The third-order valence-corrected chi connectivity index (χ3v) is 4.57. The highest BCUT2D eigenvalue weighted by atomic mass is 32.1. The van der Waals surface area contributed by atoms with Crippen LogP contribution in [0.3, 0.4) is 0 Å². The summed E-state index contributed by atoms with van der Waals surface area (Å²) in [6, 6.07) is 3.55. The maximum Gasteiger partial charge on any atom is 0.414 e. The zero-order valence-electron chi connectivity index (χ0n) is 15.5. The topological polar surface area (TPSA) is 185 Å².